The quantitative estimate of drug-likeness (QED) is 0.840. The van der Waals surface area contributed by atoms with Crippen LogP contribution in [0.4, 0.5) is 4.39 Å². The molecule has 0 aliphatic heterocycles. The molecule has 0 aliphatic carbocycles. The second-order valence-corrected chi connectivity index (χ2v) is 4.97. The van der Waals surface area contributed by atoms with E-state index in [1.54, 1.807) is 22.9 Å². The molecule has 0 saturated carbocycles. The van der Waals surface area contributed by atoms with Gasteiger partial charge in [-0.25, -0.2) is 4.39 Å². The molecule has 106 valence electrons. The summed E-state index contributed by atoms with van der Waals surface area (Å²) < 4.78 is 15.2. The fourth-order valence-corrected chi connectivity index (χ4v) is 2.48. The molecule has 0 saturated heterocycles. The summed E-state index contributed by atoms with van der Waals surface area (Å²) in [5.41, 5.74) is 3.61. The lowest BCUT2D eigenvalue weighted by Gasteiger charge is -2.05. The number of benzene rings is 1. The summed E-state index contributed by atoms with van der Waals surface area (Å²) in [6.07, 6.45) is 1.01. The molecule has 20 heavy (non-hydrogen) atoms. The van der Waals surface area contributed by atoms with Crippen LogP contribution in [0.1, 0.15) is 29.4 Å². The number of Topliss-reactive ketones (excluding diaryl/α,β-unsaturated/α-hetero) is 1. The summed E-state index contributed by atoms with van der Waals surface area (Å²) >= 11 is 0. The Morgan fingerprint density at radius 1 is 1.30 bits per heavy atom. The molecule has 0 aliphatic rings. The van der Waals surface area contributed by atoms with E-state index in [1.807, 2.05) is 13.8 Å². The smallest absolute Gasteiger partial charge is 0.158 e. The summed E-state index contributed by atoms with van der Waals surface area (Å²) in [5.74, 6) is -0.369. The Morgan fingerprint density at radius 2 is 2.00 bits per heavy atom. The normalized spacial score (nSPS) is 10.8. The largest absolute Gasteiger partial charge is 0.297 e. The molecule has 0 atom stereocenters. The average Bonchev–Trinajstić information content (AvgIpc) is 2.67. The Hall–Kier alpha value is -1.97. The highest BCUT2D eigenvalue weighted by Crippen LogP contribution is 2.14. The highest BCUT2D eigenvalue weighted by Gasteiger charge is 2.13. The number of ketones is 1. The van der Waals surface area contributed by atoms with Crippen LogP contribution in [0, 0.1) is 19.7 Å². The van der Waals surface area contributed by atoms with Crippen LogP contribution in [0.15, 0.2) is 24.3 Å². The summed E-state index contributed by atoms with van der Waals surface area (Å²) in [6, 6.07) is 6.38. The zero-order valence-electron chi connectivity index (χ0n) is 12.1. The molecule has 0 radical (unpaired) electrons. The lowest BCUT2D eigenvalue weighted by Crippen LogP contribution is -2.15. The van der Waals surface area contributed by atoms with Gasteiger partial charge in [-0.15, -0.1) is 0 Å². The van der Waals surface area contributed by atoms with Crippen LogP contribution in [0.25, 0.3) is 0 Å². The van der Waals surface area contributed by atoms with Gasteiger partial charge in [0, 0.05) is 12.1 Å². The predicted octanol–water partition coefficient (Wildman–Crippen LogP) is 3.01. The van der Waals surface area contributed by atoms with E-state index < -0.39 is 0 Å². The molecule has 2 aromatic rings. The number of halogens is 1. The number of aryl methyl sites for hydroxylation is 1. The van der Waals surface area contributed by atoms with Crippen molar-refractivity contribution in [2.75, 3.05) is 0 Å². The standard InChI is InChI=1S/C16H19FN2O/c1-4-15-11(2)18-19(12(15)3)10-14(20)9-13-7-5-6-8-16(13)17/h5-8H,4,9-10H2,1-3H3. The highest BCUT2D eigenvalue weighted by molar-refractivity contribution is 5.80. The number of nitrogens with zero attached hydrogens (tertiary/aromatic N) is 2. The molecule has 0 fully saturated rings. The van der Waals surface area contributed by atoms with Gasteiger partial charge in [-0.05, 0) is 37.5 Å². The number of aromatic nitrogens is 2. The van der Waals surface area contributed by atoms with Crippen LogP contribution in [-0.2, 0) is 24.2 Å². The van der Waals surface area contributed by atoms with Crippen molar-refractivity contribution in [3.63, 3.8) is 0 Å². The predicted molar refractivity (Wildman–Crippen MR) is 76.2 cm³/mol. The third kappa shape index (κ3) is 2.95. The van der Waals surface area contributed by atoms with Crippen LogP contribution in [0.3, 0.4) is 0 Å². The Morgan fingerprint density at radius 3 is 2.60 bits per heavy atom. The monoisotopic (exact) mass is 274 g/mol. The van der Waals surface area contributed by atoms with Gasteiger partial charge in [0.2, 0.25) is 0 Å². The molecule has 0 bridgehead atoms. The maximum atomic E-state index is 13.5. The van der Waals surface area contributed by atoms with Crippen molar-refractivity contribution >= 4 is 5.78 Å². The topological polar surface area (TPSA) is 34.9 Å². The Kier molecular flexibility index (Phi) is 4.32. The first-order valence-corrected chi connectivity index (χ1v) is 6.81. The third-order valence-corrected chi connectivity index (χ3v) is 3.56. The van der Waals surface area contributed by atoms with Gasteiger partial charge in [-0.1, -0.05) is 25.1 Å². The molecule has 4 heteroatoms. The van der Waals surface area contributed by atoms with Crippen LogP contribution < -0.4 is 0 Å². The van der Waals surface area contributed by atoms with Gasteiger partial charge in [-0.2, -0.15) is 5.10 Å². The molecule has 2 rings (SSSR count). The van der Waals surface area contributed by atoms with E-state index >= 15 is 0 Å². The summed E-state index contributed by atoms with van der Waals surface area (Å²) in [7, 11) is 0. The second kappa shape index (κ2) is 5.99. The summed E-state index contributed by atoms with van der Waals surface area (Å²) in [6.45, 7) is 6.18. The van der Waals surface area contributed by atoms with Crippen LogP contribution in [0.5, 0.6) is 0 Å². The fourth-order valence-electron chi connectivity index (χ4n) is 2.48. The summed E-state index contributed by atoms with van der Waals surface area (Å²) in [4.78, 5) is 12.1. The molecule has 0 unspecified atom stereocenters. The molecule has 0 amide bonds. The van der Waals surface area contributed by atoms with Crippen molar-refractivity contribution in [1.29, 1.82) is 0 Å². The number of rotatable bonds is 5. The van der Waals surface area contributed by atoms with Crippen molar-refractivity contribution in [2.24, 2.45) is 0 Å². The second-order valence-electron chi connectivity index (χ2n) is 4.97. The minimum Gasteiger partial charge on any atom is -0.297 e. The molecule has 0 N–H and O–H groups in total. The molecule has 1 aromatic heterocycles. The minimum atomic E-state index is -0.330. The van der Waals surface area contributed by atoms with Gasteiger partial charge in [0.25, 0.3) is 0 Å². The number of hydrogen-bond donors (Lipinski definition) is 0. The van der Waals surface area contributed by atoms with Crippen LogP contribution >= 0.6 is 0 Å². The zero-order valence-corrected chi connectivity index (χ0v) is 12.1. The maximum absolute atomic E-state index is 13.5. The SMILES string of the molecule is CCc1c(C)nn(CC(=O)Cc2ccccc2F)c1C. The molecule has 3 nitrogen and oxygen atoms in total. The number of carbonyl (C=O) groups excluding carboxylic acids is 1. The van der Waals surface area contributed by atoms with Gasteiger partial charge in [0.1, 0.15) is 12.4 Å². The molecular formula is C16H19FN2O. The molecule has 0 spiro atoms. The van der Waals surface area contributed by atoms with Gasteiger partial charge < -0.3 is 0 Å². The Balaban J connectivity index is 2.11. The Bertz CT molecular complexity index is 631. The highest BCUT2D eigenvalue weighted by atomic mass is 19.1. The maximum Gasteiger partial charge on any atom is 0.158 e. The van der Waals surface area contributed by atoms with Crippen molar-refractivity contribution in [1.82, 2.24) is 9.78 Å². The minimum absolute atomic E-state index is 0.0386. The van der Waals surface area contributed by atoms with Crippen molar-refractivity contribution in [3.8, 4) is 0 Å². The first kappa shape index (κ1) is 14.4. The Labute approximate surface area is 118 Å². The van der Waals surface area contributed by atoms with Gasteiger partial charge in [0.15, 0.2) is 5.78 Å². The van der Waals surface area contributed by atoms with Crippen LogP contribution in [-0.4, -0.2) is 15.6 Å². The first-order chi connectivity index (χ1) is 9.52. The van der Waals surface area contributed by atoms with E-state index in [2.05, 4.69) is 12.0 Å². The zero-order chi connectivity index (χ0) is 14.7. The van der Waals surface area contributed by atoms with E-state index in [9.17, 15) is 9.18 Å². The molecule has 1 heterocycles. The van der Waals surface area contributed by atoms with E-state index in [-0.39, 0.29) is 24.6 Å². The fraction of sp³-hybridized carbons (Fsp3) is 0.375. The number of carbonyl (C=O) groups is 1. The van der Waals surface area contributed by atoms with Crippen LogP contribution in [0.2, 0.25) is 0 Å². The van der Waals surface area contributed by atoms with Crippen molar-refractivity contribution < 1.29 is 9.18 Å². The van der Waals surface area contributed by atoms with Gasteiger partial charge in [-0.3, -0.25) is 9.48 Å². The van der Waals surface area contributed by atoms with E-state index in [4.69, 9.17) is 0 Å². The van der Waals surface area contributed by atoms with Crippen molar-refractivity contribution in [3.05, 3.63) is 52.6 Å². The molecular weight excluding hydrogens is 255 g/mol. The van der Waals surface area contributed by atoms with E-state index in [1.165, 1.54) is 11.6 Å². The average molecular weight is 274 g/mol. The van der Waals surface area contributed by atoms with Gasteiger partial charge in [0.05, 0.1) is 5.69 Å². The van der Waals surface area contributed by atoms with Gasteiger partial charge >= 0.3 is 0 Å². The lowest BCUT2D eigenvalue weighted by atomic mass is 10.1. The van der Waals surface area contributed by atoms with E-state index in [0.717, 1.165) is 17.8 Å². The summed E-state index contributed by atoms with van der Waals surface area (Å²) in [5, 5.41) is 4.39. The molecule has 1 aromatic carbocycles. The first-order valence-electron chi connectivity index (χ1n) is 6.81. The third-order valence-electron chi connectivity index (χ3n) is 3.56. The van der Waals surface area contributed by atoms with Crippen molar-refractivity contribution in [2.45, 2.75) is 40.2 Å². The number of hydrogen-bond acceptors (Lipinski definition) is 2. The lowest BCUT2D eigenvalue weighted by molar-refractivity contribution is -0.119. The van der Waals surface area contributed by atoms with E-state index in [0.29, 0.717) is 5.56 Å².